The highest BCUT2D eigenvalue weighted by molar-refractivity contribution is 5.90. The van der Waals surface area contributed by atoms with Crippen LogP contribution in [0.25, 0.3) is 5.69 Å². The minimum Gasteiger partial charge on any atom is -0.493 e. The maximum Gasteiger partial charge on any atom is 0.269 e. The van der Waals surface area contributed by atoms with Crippen LogP contribution in [-0.2, 0) is 4.79 Å². The van der Waals surface area contributed by atoms with Gasteiger partial charge in [0.05, 0.1) is 23.6 Å². The summed E-state index contributed by atoms with van der Waals surface area (Å²) in [6, 6.07) is 14.9. The molecule has 8 heteroatoms. The number of nitro groups is 1. The molecule has 0 radical (unpaired) electrons. The lowest BCUT2D eigenvalue weighted by Crippen LogP contribution is -2.15. The number of rotatable bonds is 7. The molecule has 1 heterocycles. The summed E-state index contributed by atoms with van der Waals surface area (Å²) in [5.41, 5.74) is 1.57. The quantitative estimate of drug-likeness (QED) is 0.520. The molecule has 0 saturated heterocycles. The van der Waals surface area contributed by atoms with Crippen molar-refractivity contribution in [3.8, 4) is 11.4 Å². The van der Waals surface area contributed by atoms with Crippen LogP contribution in [0.5, 0.6) is 5.75 Å². The standard InChI is InChI=1S/C18H16N4O4/c23-18(10-13-26-17-8-6-16(7-9-17)22(24)25)20-14-2-4-15(5-3-14)21-12-1-11-19-21/h1-9,11-12H,10,13H2,(H,20,23). The second kappa shape index (κ2) is 7.93. The second-order valence-electron chi connectivity index (χ2n) is 5.40. The largest absolute Gasteiger partial charge is 0.493 e. The molecule has 1 aromatic heterocycles. The van der Waals surface area contributed by atoms with E-state index in [2.05, 4.69) is 10.4 Å². The number of aromatic nitrogens is 2. The Bertz CT molecular complexity index is 875. The molecule has 0 fully saturated rings. The van der Waals surface area contributed by atoms with E-state index in [-0.39, 0.29) is 24.6 Å². The maximum atomic E-state index is 12.0. The van der Waals surface area contributed by atoms with E-state index in [1.807, 2.05) is 24.4 Å². The third-order valence-electron chi connectivity index (χ3n) is 3.57. The first kappa shape index (κ1) is 17.2. The summed E-state index contributed by atoms with van der Waals surface area (Å²) >= 11 is 0. The zero-order valence-corrected chi connectivity index (χ0v) is 13.7. The topological polar surface area (TPSA) is 99.3 Å². The summed E-state index contributed by atoms with van der Waals surface area (Å²) in [5, 5.41) is 17.5. The van der Waals surface area contributed by atoms with E-state index in [0.717, 1.165) is 5.69 Å². The first-order valence-corrected chi connectivity index (χ1v) is 7.89. The van der Waals surface area contributed by atoms with Gasteiger partial charge in [-0.25, -0.2) is 4.68 Å². The van der Waals surface area contributed by atoms with Gasteiger partial charge in [-0.1, -0.05) is 0 Å². The van der Waals surface area contributed by atoms with Crippen LogP contribution >= 0.6 is 0 Å². The number of ether oxygens (including phenoxy) is 1. The Hall–Kier alpha value is -3.68. The highest BCUT2D eigenvalue weighted by Crippen LogP contribution is 2.17. The van der Waals surface area contributed by atoms with Gasteiger partial charge >= 0.3 is 0 Å². The number of carbonyl (C=O) groups excluding carboxylic acids is 1. The number of non-ortho nitro benzene ring substituents is 1. The van der Waals surface area contributed by atoms with Crippen molar-refractivity contribution in [1.29, 1.82) is 0 Å². The normalized spacial score (nSPS) is 10.3. The van der Waals surface area contributed by atoms with Gasteiger partial charge in [0.2, 0.25) is 5.91 Å². The van der Waals surface area contributed by atoms with Gasteiger partial charge in [0, 0.05) is 30.2 Å². The molecule has 0 bridgehead atoms. The number of carbonyl (C=O) groups is 1. The fourth-order valence-corrected chi connectivity index (χ4v) is 2.27. The van der Waals surface area contributed by atoms with Crippen molar-refractivity contribution < 1.29 is 14.5 Å². The van der Waals surface area contributed by atoms with Crippen molar-refractivity contribution in [3.05, 3.63) is 77.1 Å². The summed E-state index contributed by atoms with van der Waals surface area (Å²) in [5.74, 6) is 0.297. The smallest absolute Gasteiger partial charge is 0.269 e. The van der Waals surface area contributed by atoms with Gasteiger partial charge in [0.25, 0.3) is 5.69 Å². The minimum atomic E-state index is -0.477. The molecule has 3 rings (SSSR count). The van der Waals surface area contributed by atoms with Crippen LogP contribution in [-0.4, -0.2) is 27.2 Å². The highest BCUT2D eigenvalue weighted by atomic mass is 16.6. The summed E-state index contributed by atoms with van der Waals surface area (Å²) in [6.45, 7) is 0.176. The monoisotopic (exact) mass is 352 g/mol. The lowest BCUT2D eigenvalue weighted by atomic mass is 10.2. The Labute approximate surface area is 149 Å². The van der Waals surface area contributed by atoms with Gasteiger partial charge in [-0.15, -0.1) is 0 Å². The van der Waals surface area contributed by atoms with Crippen LogP contribution in [0, 0.1) is 10.1 Å². The molecule has 0 spiro atoms. The van der Waals surface area contributed by atoms with Crippen LogP contribution in [0.4, 0.5) is 11.4 Å². The van der Waals surface area contributed by atoms with Crippen molar-refractivity contribution in [2.75, 3.05) is 11.9 Å². The number of nitrogens with zero attached hydrogens (tertiary/aromatic N) is 3. The average molecular weight is 352 g/mol. The van der Waals surface area contributed by atoms with Crippen molar-refractivity contribution in [2.24, 2.45) is 0 Å². The fourth-order valence-electron chi connectivity index (χ4n) is 2.27. The van der Waals surface area contributed by atoms with Crippen LogP contribution in [0.3, 0.4) is 0 Å². The van der Waals surface area contributed by atoms with E-state index in [1.165, 1.54) is 24.3 Å². The predicted octanol–water partition coefficient (Wildman–Crippen LogP) is 3.19. The molecule has 26 heavy (non-hydrogen) atoms. The zero-order chi connectivity index (χ0) is 18.4. The van der Waals surface area contributed by atoms with Crippen LogP contribution < -0.4 is 10.1 Å². The summed E-state index contributed by atoms with van der Waals surface area (Å²) in [6.07, 6.45) is 3.70. The first-order valence-electron chi connectivity index (χ1n) is 7.89. The fraction of sp³-hybridized carbons (Fsp3) is 0.111. The molecule has 1 amide bonds. The van der Waals surface area contributed by atoms with Crippen LogP contribution in [0.2, 0.25) is 0 Å². The van der Waals surface area contributed by atoms with Gasteiger partial charge in [-0.05, 0) is 42.5 Å². The van der Waals surface area contributed by atoms with Crippen LogP contribution in [0.1, 0.15) is 6.42 Å². The highest BCUT2D eigenvalue weighted by Gasteiger charge is 2.06. The Morgan fingerprint density at radius 1 is 1.15 bits per heavy atom. The lowest BCUT2D eigenvalue weighted by Gasteiger charge is -2.08. The molecule has 0 aliphatic heterocycles. The van der Waals surface area contributed by atoms with E-state index < -0.39 is 4.92 Å². The third kappa shape index (κ3) is 4.44. The van der Waals surface area contributed by atoms with Crippen molar-refractivity contribution in [2.45, 2.75) is 6.42 Å². The molecule has 0 aliphatic carbocycles. The maximum absolute atomic E-state index is 12.0. The van der Waals surface area contributed by atoms with E-state index in [0.29, 0.717) is 11.4 Å². The van der Waals surface area contributed by atoms with Crippen molar-refractivity contribution in [3.63, 3.8) is 0 Å². The van der Waals surface area contributed by atoms with Gasteiger partial charge in [-0.3, -0.25) is 14.9 Å². The predicted molar refractivity (Wildman–Crippen MR) is 95.4 cm³/mol. The number of amides is 1. The van der Waals surface area contributed by atoms with Crippen LogP contribution in [0.15, 0.2) is 67.0 Å². The average Bonchev–Trinajstić information content (AvgIpc) is 3.17. The van der Waals surface area contributed by atoms with E-state index in [9.17, 15) is 14.9 Å². The molecule has 0 saturated carbocycles. The van der Waals surface area contributed by atoms with E-state index in [1.54, 1.807) is 23.0 Å². The molecule has 8 nitrogen and oxygen atoms in total. The number of nitrogens with one attached hydrogen (secondary N) is 1. The van der Waals surface area contributed by atoms with Gasteiger partial charge < -0.3 is 10.1 Å². The minimum absolute atomic E-state index is 0.00588. The Balaban J connectivity index is 1.46. The Morgan fingerprint density at radius 3 is 2.50 bits per heavy atom. The summed E-state index contributed by atoms with van der Waals surface area (Å²) in [4.78, 5) is 22.1. The number of nitro benzene ring substituents is 1. The molecule has 2 aromatic carbocycles. The molecular formula is C18H16N4O4. The first-order chi connectivity index (χ1) is 12.6. The van der Waals surface area contributed by atoms with E-state index >= 15 is 0 Å². The second-order valence-corrected chi connectivity index (χ2v) is 5.40. The molecule has 1 N–H and O–H groups in total. The number of hydrogen-bond donors (Lipinski definition) is 1. The molecule has 3 aromatic rings. The molecule has 0 atom stereocenters. The lowest BCUT2D eigenvalue weighted by molar-refractivity contribution is -0.384. The van der Waals surface area contributed by atoms with E-state index in [4.69, 9.17) is 4.74 Å². The van der Waals surface area contributed by atoms with Gasteiger partial charge in [0.1, 0.15) is 5.75 Å². The molecule has 0 aliphatic rings. The molecular weight excluding hydrogens is 336 g/mol. The SMILES string of the molecule is O=C(CCOc1ccc([N+](=O)[O-])cc1)Nc1ccc(-n2cccn2)cc1. The number of benzene rings is 2. The molecule has 0 unspecified atom stereocenters. The zero-order valence-electron chi connectivity index (χ0n) is 13.7. The third-order valence-corrected chi connectivity index (χ3v) is 3.57. The summed E-state index contributed by atoms with van der Waals surface area (Å²) in [7, 11) is 0. The van der Waals surface area contributed by atoms with Gasteiger partial charge in [0.15, 0.2) is 0 Å². The number of anilines is 1. The Morgan fingerprint density at radius 2 is 1.88 bits per heavy atom. The Kier molecular flexibility index (Phi) is 5.23. The summed E-state index contributed by atoms with van der Waals surface area (Å²) < 4.78 is 7.15. The number of hydrogen-bond acceptors (Lipinski definition) is 5. The molecule has 132 valence electrons. The van der Waals surface area contributed by atoms with Crippen molar-refractivity contribution >= 4 is 17.3 Å². The van der Waals surface area contributed by atoms with Gasteiger partial charge in [-0.2, -0.15) is 5.10 Å². The van der Waals surface area contributed by atoms with Crippen molar-refractivity contribution in [1.82, 2.24) is 9.78 Å².